The molecule has 0 saturated heterocycles. The average molecular weight is 318 g/mol. The SMILES string of the molecule is CC(C)NCc1ccc(-n2cc(C(F)(F)F)cn2)cc1Cl. The first kappa shape index (κ1) is 15.9. The molecule has 7 heteroatoms. The van der Waals surface area contributed by atoms with Gasteiger partial charge in [0.1, 0.15) is 0 Å². The lowest BCUT2D eigenvalue weighted by molar-refractivity contribution is -0.137. The number of nitrogens with one attached hydrogen (secondary N) is 1. The first-order valence-electron chi connectivity index (χ1n) is 6.41. The molecule has 3 nitrogen and oxygen atoms in total. The molecule has 0 saturated carbocycles. The molecule has 0 bridgehead atoms. The van der Waals surface area contributed by atoms with Gasteiger partial charge in [0, 0.05) is 23.8 Å². The van der Waals surface area contributed by atoms with Crippen molar-refractivity contribution in [2.24, 2.45) is 0 Å². The third-order valence-corrected chi connectivity index (χ3v) is 3.26. The van der Waals surface area contributed by atoms with E-state index in [0.29, 0.717) is 23.3 Å². The van der Waals surface area contributed by atoms with E-state index in [1.807, 2.05) is 13.8 Å². The molecule has 21 heavy (non-hydrogen) atoms. The van der Waals surface area contributed by atoms with Gasteiger partial charge in [0.05, 0.1) is 17.4 Å². The molecule has 0 amide bonds. The van der Waals surface area contributed by atoms with Crippen LogP contribution >= 0.6 is 11.6 Å². The molecule has 1 aromatic carbocycles. The molecule has 2 aromatic rings. The summed E-state index contributed by atoms with van der Waals surface area (Å²) in [4.78, 5) is 0. The van der Waals surface area contributed by atoms with Crippen LogP contribution in [0.15, 0.2) is 30.6 Å². The van der Waals surface area contributed by atoms with E-state index in [1.54, 1.807) is 18.2 Å². The molecular weight excluding hydrogens is 303 g/mol. The molecule has 1 heterocycles. The zero-order valence-electron chi connectivity index (χ0n) is 11.6. The van der Waals surface area contributed by atoms with Gasteiger partial charge in [-0.2, -0.15) is 18.3 Å². The second-order valence-corrected chi connectivity index (χ2v) is 5.39. The van der Waals surface area contributed by atoms with Crippen LogP contribution in [0, 0.1) is 0 Å². The smallest absolute Gasteiger partial charge is 0.310 e. The lowest BCUT2D eigenvalue weighted by atomic mass is 10.2. The Labute approximate surface area is 125 Å². The van der Waals surface area contributed by atoms with Gasteiger partial charge >= 0.3 is 6.18 Å². The molecular formula is C14H15ClF3N3. The summed E-state index contributed by atoms with van der Waals surface area (Å²) >= 11 is 6.16. The van der Waals surface area contributed by atoms with Crippen LogP contribution in [0.1, 0.15) is 25.0 Å². The number of hydrogen-bond donors (Lipinski definition) is 1. The first-order chi connectivity index (χ1) is 9.77. The zero-order valence-corrected chi connectivity index (χ0v) is 12.3. The van der Waals surface area contributed by atoms with Gasteiger partial charge in [-0.3, -0.25) is 0 Å². The summed E-state index contributed by atoms with van der Waals surface area (Å²) in [5.74, 6) is 0. The van der Waals surface area contributed by atoms with Crippen LogP contribution in [0.25, 0.3) is 5.69 Å². The minimum absolute atomic E-state index is 0.321. The third kappa shape index (κ3) is 3.98. The van der Waals surface area contributed by atoms with E-state index in [2.05, 4.69) is 10.4 Å². The molecule has 0 spiro atoms. The van der Waals surface area contributed by atoms with E-state index < -0.39 is 11.7 Å². The fourth-order valence-corrected chi connectivity index (χ4v) is 1.99. The van der Waals surface area contributed by atoms with Gasteiger partial charge in [0.15, 0.2) is 0 Å². The van der Waals surface area contributed by atoms with Crippen molar-refractivity contribution in [3.8, 4) is 5.69 Å². The quantitative estimate of drug-likeness (QED) is 0.922. The standard InChI is InChI=1S/C14H15ClF3N3/c1-9(2)19-6-10-3-4-12(5-13(10)15)21-8-11(7-20-21)14(16,17)18/h3-5,7-9,19H,6H2,1-2H3. The fourth-order valence-electron chi connectivity index (χ4n) is 1.75. The van der Waals surface area contributed by atoms with Gasteiger partial charge < -0.3 is 5.32 Å². The zero-order chi connectivity index (χ0) is 15.6. The molecule has 0 unspecified atom stereocenters. The summed E-state index contributed by atoms with van der Waals surface area (Å²) in [5, 5.41) is 7.44. The molecule has 0 radical (unpaired) electrons. The Balaban J connectivity index is 2.22. The van der Waals surface area contributed by atoms with Crippen LogP contribution in [0.3, 0.4) is 0 Å². The lowest BCUT2D eigenvalue weighted by Gasteiger charge is -2.11. The summed E-state index contributed by atoms with van der Waals surface area (Å²) < 4.78 is 38.8. The van der Waals surface area contributed by atoms with E-state index >= 15 is 0 Å². The highest BCUT2D eigenvalue weighted by atomic mass is 35.5. The number of halogens is 4. The molecule has 2 rings (SSSR count). The van der Waals surface area contributed by atoms with E-state index in [1.165, 1.54) is 0 Å². The molecule has 1 N–H and O–H groups in total. The van der Waals surface area contributed by atoms with Crippen molar-refractivity contribution < 1.29 is 13.2 Å². The second kappa shape index (κ2) is 6.07. The van der Waals surface area contributed by atoms with Gasteiger partial charge in [-0.1, -0.05) is 31.5 Å². The van der Waals surface area contributed by atoms with Crippen LogP contribution in [0.5, 0.6) is 0 Å². The Morgan fingerprint density at radius 2 is 2.05 bits per heavy atom. The summed E-state index contributed by atoms with van der Waals surface area (Å²) in [6.07, 6.45) is -2.66. The predicted molar refractivity (Wildman–Crippen MR) is 75.6 cm³/mol. The van der Waals surface area contributed by atoms with Gasteiger partial charge in [-0.15, -0.1) is 0 Å². The van der Waals surface area contributed by atoms with E-state index in [4.69, 9.17) is 11.6 Å². The van der Waals surface area contributed by atoms with E-state index in [9.17, 15) is 13.2 Å². The number of aromatic nitrogens is 2. The minimum atomic E-state index is -4.40. The maximum Gasteiger partial charge on any atom is 0.419 e. The summed E-state index contributed by atoms with van der Waals surface area (Å²) in [7, 11) is 0. The highest BCUT2D eigenvalue weighted by Crippen LogP contribution is 2.29. The second-order valence-electron chi connectivity index (χ2n) is 4.98. The van der Waals surface area contributed by atoms with Crippen LogP contribution < -0.4 is 5.32 Å². The van der Waals surface area contributed by atoms with Gasteiger partial charge in [0.25, 0.3) is 0 Å². The van der Waals surface area contributed by atoms with Gasteiger partial charge in [-0.25, -0.2) is 4.68 Å². The Bertz CT molecular complexity index is 620. The molecule has 0 aliphatic carbocycles. The monoisotopic (exact) mass is 317 g/mol. The van der Waals surface area contributed by atoms with Crippen molar-refractivity contribution in [1.29, 1.82) is 0 Å². The number of alkyl halides is 3. The highest BCUT2D eigenvalue weighted by molar-refractivity contribution is 6.31. The number of rotatable bonds is 4. The fraction of sp³-hybridized carbons (Fsp3) is 0.357. The highest BCUT2D eigenvalue weighted by Gasteiger charge is 2.32. The minimum Gasteiger partial charge on any atom is -0.310 e. The molecule has 114 valence electrons. The van der Waals surface area contributed by atoms with Crippen LogP contribution in [-0.2, 0) is 12.7 Å². The molecule has 0 aliphatic heterocycles. The average Bonchev–Trinajstić information content (AvgIpc) is 2.86. The molecule has 1 aromatic heterocycles. The first-order valence-corrected chi connectivity index (χ1v) is 6.79. The maximum atomic E-state index is 12.5. The Morgan fingerprint density at radius 1 is 1.33 bits per heavy atom. The van der Waals surface area contributed by atoms with E-state index in [-0.39, 0.29) is 0 Å². The molecule has 0 aliphatic rings. The lowest BCUT2D eigenvalue weighted by Crippen LogP contribution is -2.22. The van der Waals surface area contributed by atoms with Crippen LogP contribution in [0.2, 0.25) is 5.02 Å². The van der Waals surface area contributed by atoms with Crippen molar-refractivity contribution >= 4 is 11.6 Å². The predicted octanol–water partition coefficient (Wildman–Crippen LogP) is 4.04. The van der Waals surface area contributed by atoms with Gasteiger partial charge in [0.2, 0.25) is 0 Å². The Hall–Kier alpha value is -1.53. The normalized spacial score (nSPS) is 12.1. The number of nitrogens with zero attached hydrogens (tertiary/aromatic N) is 2. The molecule has 0 fully saturated rings. The van der Waals surface area contributed by atoms with Crippen molar-refractivity contribution in [3.05, 3.63) is 46.7 Å². The van der Waals surface area contributed by atoms with Crippen molar-refractivity contribution in [1.82, 2.24) is 15.1 Å². The third-order valence-electron chi connectivity index (χ3n) is 2.91. The maximum absolute atomic E-state index is 12.5. The van der Waals surface area contributed by atoms with Crippen molar-refractivity contribution in [3.63, 3.8) is 0 Å². The summed E-state index contributed by atoms with van der Waals surface area (Å²) in [6.45, 7) is 4.64. The summed E-state index contributed by atoms with van der Waals surface area (Å²) in [6, 6.07) is 5.39. The molecule has 0 atom stereocenters. The Kier molecular flexibility index (Phi) is 4.58. The van der Waals surface area contributed by atoms with E-state index in [0.717, 1.165) is 22.6 Å². The number of hydrogen-bond acceptors (Lipinski definition) is 2. The van der Waals surface area contributed by atoms with Crippen LogP contribution in [-0.4, -0.2) is 15.8 Å². The topological polar surface area (TPSA) is 29.9 Å². The van der Waals surface area contributed by atoms with Crippen molar-refractivity contribution in [2.45, 2.75) is 32.6 Å². The Morgan fingerprint density at radius 3 is 2.57 bits per heavy atom. The number of benzene rings is 1. The largest absolute Gasteiger partial charge is 0.419 e. The van der Waals surface area contributed by atoms with Crippen LogP contribution in [0.4, 0.5) is 13.2 Å². The summed E-state index contributed by atoms with van der Waals surface area (Å²) in [5.41, 5.74) is 0.588. The van der Waals surface area contributed by atoms with Crippen molar-refractivity contribution in [2.75, 3.05) is 0 Å². The van der Waals surface area contributed by atoms with Gasteiger partial charge in [-0.05, 0) is 17.7 Å².